The van der Waals surface area contributed by atoms with Gasteiger partial charge >= 0.3 is 25.7 Å². The fourth-order valence-corrected chi connectivity index (χ4v) is 8.10. The first-order chi connectivity index (χ1) is 36.2. The van der Waals surface area contributed by atoms with E-state index in [1.807, 2.05) is 18.2 Å². The number of unbranched alkanes of at least 4 members (excludes halogenated alkanes) is 18. The van der Waals surface area contributed by atoms with Gasteiger partial charge in [-0.3, -0.25) is 23.4 Å². The Morgan fingerprint density at radius 2 is 0.757 bits per heavy atom. The van der Waals surface area contributed by atoms with Crippen molar-refractivity contribution in [1.29, 1.82) is 0 Å². The number of phosphoric acid groups is 1. The molecule has 0 aromatic heterocycles. The SMILES string of the molecule is CC/C=C\C/C=C\C/C=C\C/C=C\C/C=C\CC(=O)OC(CO)COP(=O)(O)OCC(COC(=O)CCCCCCC/C=C\C/C=C\CCCCC)OC(=O)CCCCCCCCC/C=C\C/C=C\CCCCC. The molecule has 0 fully saturated rings. The molecule has 0 bridgehead atoms. The number of carbonyl (C=O) groups is 3. The quantitative estimate of drug-likeness (QED) is 0.0197. The van der Waals surface area contributed by atoms with Crippen LogP contribution in [0.4, 0.5) is 0 Å². The molecule has 0 spiro atoms. The second-order valence-corrected chi connectivity index (χ2v) is 20.2. The number of hydrogen-bond acceptors (Lipinski definition) is 10. The molecule has 0 aromatic carbocycles. The molecule has 0 aromatic rings. The molecule has 0 rings (SSSR count). The molecule has 0 amide bonds. The van der Waals surface area contributed by atoms with Crippen LogP contribution in [0.15, 0.2) is 109 Å². The average molecular weight is 1060 g/mol. The minimum Gasteiger partial charge on any atom is -0.462 e. The molecule has 0 saturated carbocycles. The monoisotopic (exact) mass is 1050 g/mol. The summed E-state index contributed by atoms with van der Waals surface area (Å²) in [5, 5.41) is 9.79. The molecule has 422 valence electrons. The summed E-state index contributed by atoms with van der Waals surface area (Å²) in [4.78, 5) is 48.5. The van der Waals surface area contributed by atoms with Gasteiger partial charge in [0.2, 0.25) is 0 Å². The molecule has 0 radical (unpaired) electrons. The fraction of sp³-hybridized carbons (Fsp3) is 0.661. The third-order valence-corrected chi connectivity index (χ3v) is 12.6. The zero-order valence-corrected chi connectivity index (χ0v) is 47.4. The number of allylic oxidation sites excluding steroid dienone is 17. The minimum atomic E-state index is -4.78. The highest BCUT2D eigenvalue weighted by Crippen LogP contribution is 2.43. The molecule has 12 heteroatoms. The van der Waals surface area contributed by atoms with Gasteiger partial charge in [-0.15, -0.1) is 0 Å². The van der Waals surface area contributed by atoms with E-state index in [2.05, 4.69) is 106 Å². The first kappa shape index (κ1) is 70.1. The lowest BCUT2D eigenvalue weighted by Crippen LogP contribution is -2.30. The standard InChI is InChI=1S/C62H103O11P/c1-4-7-10-13-16-19-22-25-28-29-32-35-38-41-44-47-50-53-62(66)73-59(55-69-60(64)51-48-45-42-39-36-33-30-26-23-20-17-14-11-8-5-2)57-71-74(67,68)70-56-58(54-63)72-61(65)52-49-46-43-40-37-34-31-27-24-21-18-15-12-9-6-3/h9,12,16-21,25-28,30-31,37,40,46,49,58-59,63H,4-8,10-11,13-15,22-24,29,32-36,38-39,41-45,47-48,50-57H2,1-3H3,(H,67,68)/b12-9-,19-16-,20-17-,21-18-,28-25-,30-26-,31-27-,40-37-,49-46-. The van der Waals surface area contributed by atoms with Crippen molar-refractivity contribution in [1.82, 2.24) is 0 Å². The lowest BCUT2D eigenvalue weighted by molar-refractivity contribution is -0.161. The number of phosphoric ester groups is 1. The van der Waals surface area contributed by atoms with Gasteiger partial charge in [0.1, 0.15) is 12.7 Å². The van der Waals surface area contributed by atoms with Crippen LogP contribution in [0.3, 0.4) is 0 Å². The molecule has 0 aliphatic heterocycles. The smallest absolute Gasteiger partial charge is 0.462 e. The summed E-state index contributed by atoms with van der Waals surface area (Å²) in [6.07, 6.45) is 66.4. The molecule has 0 heterocycles. The Balaban J connectivity index is 4.85. The fourth-order valence-electron chi connectivity index (χ4n) is 7.31. The second kappa shape index (κ2) is 55.4. The Morgan fingerprint density at radius 3 is 1.19 bits per heavy atom. The van der Waals surface area contributed by atoms with E-state index in [0.717, 1.165) is 109 Å². The molecular formula is C62H103O11P. The third kappa shape index (κ3) is 53.0. The van der Waals surface area contributed by atoms with E-state index in [9.17, 15) is 28.9 Å². The maximum absolute atomic E-state index is 12.9. The van der Waals surface area contributed by atoms with Crippen molar-refractivity contribution in [2.24, 2.45) is 0 Å². The number of hydrogen-bond donors (Lipinski definition) is 2. The molecule has 0 saturated heterocycles. The molecule has 74 heavy (non-hydrogen) atoms. The van der Waals surface area contributed by atoms with E-state index in [4.69, 9.17) is 23.3 Å². The molecule has 2 N–H and O–H groups in total. The topological polar surface area (TPSA) is 155 Å². The number of ether oxygens (including phenoxy) is 3. The van der Waals surface area contributed by atoms with Crippen LogP contribution in [0.25, 0.3) is 0 Å². The highest BCUT2D eigenvalue weighted by atomic mass is 31.2. The number of rotatable bonds is 52. The Bertz CT molecular complexity index is 1660. The Morgan fingerprint density at radius 1 is 0.405 bits per heavy atom. The molecule has 0 aliphatic rings. The van der Waals surface area contributed by atoms with Gasteiger partial charge < -0.3 is 24.2 Å². The van der Waals surface area contributed by atoms with Crippen molar-refractivity contribution in [2.75, 3.05) is 26.4 Å². The number of aliphatic hydroxyl groups is 1. The maximum atomic E-state index is 12.9. The first-order valence-electron chi connectivity index (χ1n) is 28.8. The van der Waals surface area contributed by atoms with Crippen molar-refractivity contribution in [3.05, 3.63) is 109 Å². The van der Waals surface area contributed by atoms with Crippen molar-refractivity contribution < 1.29 is 52.2 Å². The summed E-state index contributed by atoms with van der Waals surface area (Å²) in [5.74, 6) is -1.63. The summed E-state index contributed by atoms with van der Waals surface area (Å²) in [6.45, 7) is 4.34. The Kier molecular flexibility index (Phi) is 52.5. The average Bonchev–Trinajstić information content (AvgIpc) is 3.39. The van der Waals surface area contributed by atoms with E-state index < -0.39 is 57.8 Å². The lowest BCUT2D eigenvalue weighted by Gasteiger charge is -2.21. The van der Waals surface area contributed by atoms with Crippen LogP contribution in [-0.2, 0) is 42.2 Å². The van der Waals surface area contributed by atoms with Crippen LogP contribution in [-0.4, -0.2) is 66.5 Å². The van der Waals surface area contributed by atoms with Crippen LogP contribution >= 0.6 is 7.82 Å². The highest BCUT2D eigenvalue weighted by Gasteiger charge is 2.28. The van der Waals surface area contributed by atoms with E-state index in [-0.39, 0.29) is 25.9 Å². The van der Waals surface area contributed by atoms with Crippen molar-refractivity contribution in [3.63, 3.8) is 0 Å². The molecule has 3 atom stereocenters. The zero-order chi connectivity index (χ0) is 54.1. The summed E-state index contributed by atoms with van der Waals surface area (Å²) in [7, 11) is -4.78. The predicted molar refractivity (Wildman–Crippen MR) is 307 cm³/mol. The zero-order valence-electron chi connectivity index (χ0n) is 46.5. The lowest BCUT2D eigenvalue weighted by atomic mass is 10.1. The van der Waals surface area contributed by atoms with Gasteiger partial charge in [-0.25, -0.2) is 4.57 Å². The van der Waals surface area contributed by atoms with Gasteiger partial charge in [-0.1, -0.05) is 207 Å². The minimum absolute atomic E-state index is 0.0609. The number of aliphatic hydroxyl groups excluding tert-OH is 1. The predicted octanol–water partition coefficient (Wildman–Crippen LogP) is 17.0. The molecule has 3 unspecified atom stereocenters. The van der Waals surface area contributed by atoms with Crippen LogP contribution < -0.4 is 0 Å². The summed E-state index contributed by atoms with van der Waals surface area (Å²) < 4.78 is 39.4. The van der Waals surface area contributed by atoms with E-state index in [1.165, 1.54) is 57.8 Å². The summed E-state index contributed by atoms with van der Waals surface area (Å²) in [6, 6.07) is 0. The third-order valence-electron chi connectivity index (χ3n) is 11.7. The maximum Gasteiger partial charge on any atom is 0.472 e. The van der Waals surface area contributed by atoms with Gasteiger partial charge in [0, 0.05) is 12.8 Å². The van der Waals surface area contributed by atoms with E-state index in [0.29, 0.717) is 19.3 Å². The van der Waals surface area contributed by atoms with Crippen LogP contribution in [0, 0.1) is 0 Å². The molecule has 0 aliphatic carbocycles. The van der Waals surface area contributed by atoms with Gasteiger partial charge in [0.05, 0.1) is 26.2 Å². The van der Waals surface area contributed by atoms with Gasteiger partial charge in [0.15, 0.2) is 6.10 Å². The van der Waals surface area contributed by atoms with Crippen molar-refractivity contribution in [2.45, 2.75) is 238 Å². The Hall–Kier alpha value is -3.86. The summed E-state index contributed by atoms with van der Waals surface area (Å²) >= 11 is 0. The van der Waals surface area contributed by atoms with Crippen LogP contribution in [0.2, 0.25) is 0 Å². The van der Waals surface area contributed by atoms with Gasteiger partial charge in [-0.2, -0.15) is 0 Å². The Labute approximate surface area is 450 Å². The normalized spacial score (nSPS) is 14.2. The van der Waals surface area contributed by atoms with Crippen molar-refractivity contribution in [3.8, 4) is 0 Å². The van der Waals surface area contributed by atoms with Gasteiger partial charge in [-0.05, 0) is 109 Å². The molecular weight excluding hydrogens is 952 g/mol. The molecule has 11 nitrogen and oxygen atoms in total. The first-order valence-corrected chi connectivity index (χ1v) is 30.3. The van der Waals surface area contributed by atoms with Crippen molar-refractivity contribution >= 4 is 25.7 Å². The number of esters is 3. The highest BCUT2D eigenvalue weighted by molar-refractivity contribution is 7.47. The summed E-state index contributed by atoms with van der Waals surface area (Å²) in [5.41, 5.74) is 0. The largest absolute Gasteiger partial charge is 0.472 e. The van der Waals surface area contributed by atoms with Crippen LogP contribution in [0.1, 0.15) is 226 Å². The van der Waals surface area contributed by atoms with E-state index in [1.54, 1.807) is 6.08 Å². The van der Waals surface area contributed by atoms with Gasteiger partial charge in [0.25, 0.3) is 0 Å². The number of carbonyl (C=O) groups excluding carboxylic acids is 3. The van der Waals surface area contributed by atoms with Crippen LogP contribution in [0.5, 0.6) is 0 Å². The second-order valence-electron chi connectivity index (χ2n) is 18.7. The van der Waals surface area contributed by atoms with E-state index >= 15 is 0 Å².